The molecule has 0 fully saturated rings. The first-order valence-corrected chi connectivity index (χ1v) is 25.3. The molecule has 11 aromatic rings. The van der Waals surface area contributed by atoms with E-state index in [1.54, 1.807) is 0 Å². The normalized spacial score (nSPS) is 14.6. The van der Waals surface area contributed by atoms with Crippen molar-refractivity contribution in [3.05, 3.63) is 270 Å². The van der Waals surface area contributed by atoms with E-state index in [2.05, 4.69) is 268 Å². The summed E-state index contributed by atoms with van der Waals surface area (Å²) < 4.78 is 9.49. The average molecular weight is 1140 g/mol. The summed E-state index contributed by atoms with van der Waals surface area (Å²) in [7, 11) is 0. The summed E-state index contributed by atoms with van der Waals surface area (Å²) in [5.41, 5.74) is 18.7. The van der Waals surface area contributed by atoms with Gasteiger partial charge < -0.3 is 19.1 Å². The van der Waals surface area contributed by atoms with Crippen molar-refractivity contribution in [2.45, 2.75) is 50.9 Å². The molecular formula is C68H51N4OPt-3. The number of nitrogens with zero attached hydrogens (tertiary/aromatic N) is 4. The molecule has 0 saturated heterocycles. The van der Waals surface area contributed by atoms with Gasteiger partial charge in [-0.15, -0.1) is 48.3 Å². The van der Waals surface area contributed by atoms with E-state index >= 15 is 0 Å². The van der Waals surface area contributed by atoms with Gasteiger partial charge in [0.1, 0.15) is 5.82 Å². The number of para-hydroxylation sites is 3. The van der Waals surface area contributed by atoms with Crippen molar-refractivity contribution in [3.63, 3.8) is 0 Å². The van der Waals surface area contributed by atoms with E-state index in [4.69, 9.17) is 9.72 Å². The third kappa shape index (κ3) is 6.68. The molecule has 0 amide bonds. The molecule has 3 aliphatic rings. The molecule has 74 heavy (non-hydrogen) atoms. The Morgan fingerprint density at radius 3 is 1.73 bits per heavy atom. The molecule has 0 radical (unpaired) electrons. The molecule has 3 heterocycles. The van der Waals surface area contributed by atoms with Crippen LogP contribution in [0.15, 0.2) is 212 Å². The largest absolute Gasteiger partial charge is 0.509 e. The van der Waals surface area contributed by atoms with Crippen LogP contribution >= 0.6 is 0 Å². The Labute approximate surface area is 447 Å². The number of rotatable bonds is 7. The van der Waals surface area contributed by atoms with E-state index in [0.717, 1.165) is 61.9 Å². The second kappa shape index (κ2) is 17.0. The van der Waals surface area contributed by atoms with Gasteiger partial charge in [-0.1, -0.05) is 197 Å². The van der Waals surface area contributed by atoms with Crippen LogP contribution in [0.25, 0.3) is 49.9 Å². The molecular weight excluding hydrogens is 1080 g/mol. The molecule has 9 aromatic carbocycles. The maximum absolute atomic E-state index is 7.19. The summed E-state index contributed by atoms with van der Waals surface area (Å²) in [5, 5.41) is 2.41. The van der Waals surface area contributed by atoms with Crippen LogP contribution in [-0.2, 0) is 37.3 Å². The van der Waals surface area contributed by atoms with Gasteiger partial charge >= 0.3 is 0 Å². The maximum Gasteiger partial charge on any atom is 0.135 e. The van der Waals surface area contributed by atoms with Gasteiger partial charge in [0.2, 0.25) is 0 Å². The molecule has 0 unspecified atom stereocenters. The second-order valence-corrected chi connectivity index (χ2v) is 21.2. The number of anilines is 4. The van der Waals surface area contributed by atoms with Gasteiger partial charge in [0.25, 0.3) is 0 Å². The van der Waals surface area contributed by atoms with Gasteiger partial charge in [0.05, 0.1) is 0 Å². The predicted molar refractivity (Wildman–Crippen MR) is 298 cm³/mol. The second-order valence-electron chi connectivity index (χ2n) is 21.2. The Balaban J connectivity index is 0.00000528. The molecule has 1 aliphatic heterocycles. The van der Waals surface area contributed by atoms with Gasteiger partial charge in [0.15, 0.2) is 0 Å². The van der Waals surface area contributed by atoms with Crippen LogP contribution in [0.4, 0.5) is 22.7 Å². The monoisotopic (exact) mass is 1130 g/mol. The number of pyridine rings is 1. The minimum Gasteiger partial charge on any atom is -0.509 e. The van der Waals surface area contributed by atoms with Crippen molar-refractivity contribution in [2.24, 2.45) is 0 Å². The average Bonchev–Trinajstić information content (AvgIpc) is 4.13. The zero-order valence-corrected chi connectivity index (χ0v) is 44.1. The van der Waals surface area contributed by atoms with Gasteiger partial charge in [0, 0.05) is 83.3 Å². The van der Waals surface area contributed by atoms with E-state index in [9.17, 15) is 0 Å². The van der Waals surface area contributed by atoms with Crippen LogP contribution in [0.2, 0.25) is 0 Å². The molecule has 14 rings (SSSR count). The number of hydrogen-bond acceptors (Lipinski definition) is 4. The van der Waals surface area contributed by atoms with Crippen molar-refractivity contribution in [2.75, 3.05) is 9.80 Å². The fourth-order valence-corrected chi connectivity index (χ4v) is 12.5. The first kappa shape index (κ1) is 45.9. The Bertz CT molecular complexity index is 3910. The third-order valence-corrected chi connectivity index (χ3v) is 15.7. The Morgan fingerprint density at radius 1 is 0.514 bits per heavy atom. The van der Waals surface area contributed by atoms with Crippen molar-refractivity contribution in [3.8, 4) is 39.6 Å². The molecule has 0 atom stereocenters. The van der Waals surface area contributed by atoms with E-state index < -0.39 is 5.41 Å². The molecule has 0 bridgehead atoms. The van der Waals surface area contributed by atoms with Gasteiger partial charge in [-0.05, 0) is 85.6 Å². The number of aromatic nitrogens is 2. The van der Waals surface area contributed by atoms with Crippen LogP contribution in [-0.4, -0.2) is 9.55 Å². The van der Waals surface area contributed by atoms with Gasteiger partial charge in [-0.3, -0.25) is 0 Å². The fraction of sp³-hybridized carbons (Fsp3) is 0.118. The summed E-state index contributed by atoms with van der Waals surface area (Å²) in [6.07, 6.45) is 1.94. The van der Waals surface area contributed by atoms with Gasteiger partial charge in [-0.25, -0.2) is 4.98 Å². The summed E-state index contributed by atoms with van der Waals surface area (Å²) in [6, 6.07) is 82.0. The van der Waals surface area contributed by atoms with Crippen molar-refractivity contribution >= 4 is 44.6 Å². The maximum atomic E-state index is 7.19. The minimum absolute atomic E-state index is 0. The van der Waals surface area contributed by atoms with Crippen LogP contribution < -0.4 is 14.5 Å². The van der Waals surface area contributed by atoms with Crippen molar-refractivity contribution in [1.29, 1.82) is 0 Å². The van der Waals surface area contributed by atoms with E-state index in [1.807, 2.05) is 12.3 Å². The van der Waals surface area contributed by atoms with Crippen molar-refractivity contribution in [1.82, 2.24) is 9.55 Å². The Morgan fingerprint density at radius 2 is 1.08 bits per heavy atom. The first-order valence-electron chi connectivity index (χ1n) is 25.3. The summed E-state index contributed by atoms with van der Waals surface area (Å²) >= 11 is 0. The minimum atomic E-state index is -0.615. The van der Waals surface area contributed by atoms with Crippen LogP contribution in [0, 0.1) is 18.8 Å². The van der Waals surface area contributed by atoms with E-state index in [0.29, 0.717) is 11.5 Å². The van der Waals surface area contributed by atoms with Crippen molar-refractivity contribution < 1.29 is 25.8 Å². The summed E-state index contributed by atoms with van der Waals surface area (Å²) in [6.45, 7) is 13.7. The molecule has 0 N–H and O–H groups in total. The standard InChI is InChI=1S/C68H51N4O.Pt/c1-66(2,3)46-37-38-69-62(39-46)72-60-36-20-33-56-63(60)64-57(68(56)54-31-14-12-29-52(54)67(4,5)53-30-13-15-32-55(53)68)41-49(42-61(64)72)73-48-26-18-25-47(40-48)70-43-71(59-35-17-16-34-58(59)70)65-50(44-21-8-6-9-22-44)27-19-28-51(65)45-23-10-7-11-24-45;/h6-39,41,43H,1-5H3;/q-3;. The Hall–Kier alpha value is -7.98. The molecule has 5 nitrogen and oxygen atoms in total. The number of ether oxygens (including phenoxy) is 1. The molecule has 362 valence electrons. The molecule has 2 aliphatic carbocycles. The predicted octanol–water partition coefficient (Wildman–Crippen LogP) is 16.9. The zero-order chi connectivity index (χ0) is 49.2. The fourth-order valence-electron chi connectivity index (χ4n) is 12.5. The van der Waals surface area contributed by atoms with Crippen LogP contribution in [0.5, 0.6) is 11.5 Å². The first-order chi connectivity index (χ1) is 35.6. The van der Waals surface area contributed by atoms with Gasteiger partial charge in [-0.2, -0.15) is 6.07 Å². The number of benzene rings is 9. The van der Waals surface area contributed by atoms with E-state index in [1.165, 1.54) is 49.7 Å². The SMILES string of the molecule is CC(C)(C)c1ccnc(-n2c3[c-]c(Oc4[c-]c(N5[CH-]N(c6c(-c7ccccc7)cccc6-c6ccccc6)c6ccccc65)ccc4)cc4c3c3c(cccc32)C42c3ccccc3C(C)(C)c3ccccc32)c1.[Pt]. The summed E-state index contributed by atoms with van der Waals surface area (Å²) in [5.74, 6) is 2.06. The molecule has 2 aromatic heterocycles. The number of fused-ring (bicyclic) bond motifs is 7. The molecule has 0 saturated carbocycles. The molecule has 6 heteroatoms. The van der Waals surface area contributed by atoms with Crippen LogP contribution in [0.3, 0.4) is 0 Å². The molecule has 1 spiro atoms. The Kier molecular flexibility index (Phi) is 10.6. The van der Waals surface area contributed by atoms with E-state index in [-0.39, 0.29) is 31.9 Å². The quantitative estimate of drug-likeness (QED) is 0.149. The smallest absolute Gasteiger partial charge is 0.135 e. The number of hydrogen-bond donors (Lipinski definition) is 0. The topological polar surface area (TPSA) is 33.5 Å². The summed E-state index contributed by atoms with van der Waals surface area (Å²) in [4.78, 5) is 9.64. The zero-order valence-electron chi connectivity index (χ0n) is 41.8. The third-order valence-electron chi connectivity index (χ3n) is 15.7. The van der Waals surface area contributed by atoms with Crippen LogP contribution in [0.1, 0.15) is 73.6 Å².